The monoisotopic (exact) mass is 798 g/mol. The molecule has 1 atom stereocenters. The lowest BCUT2D eigenvalue weighted by atomic mass is 9.89. The van der Waals surface area contributed by atoms with Crippen LogP contribution in [0.15, 0.2) is 73.1 Å². The minimum Gasteiger partial charge on any atom is -0.457 e. The number of fused-ring (bicyclic) bond motifs is 2. The molecular formula is C43H43FN10O5. The summed E-state index contributed by atoms with van der Waals surface area (Å²) in [6.45, 7) is 4.95. The van der Waals surface area contributed by atoms with Crippen LogP contribution >= 0.6 is 0 Å². The van der Waals surface area contributed by atoms with Crippen LogP contribution in [0.25, 0.3) is 22.3 Å². The normalized spacial score (nSPS) is 23.1. The van der Waals surface area contributed by atoms with Gasteiger partial charge in [0.1, 0.15) is 41.2 Å². The summed E-state index contributed by atoms with van der Waals surface area (Å²) in [6, 6.07) is 19.9. The number of imide groups is 2. The largest absolute Gasteiger partial charge is 0.457 e. The van der Waals surface area contributed by atoms with E-state index in [0.717, 1.165) is 96.6 Å². The Labute approximate surface area is 338 Å². The second-order valence-corrected chi connectivity index (χ2v) is 16.1. The van der Waals surface area contributed by atoms with Gasteiger partial charge in [-0.15, -0.1) is 0 Å². The maximum atomic E-state index is 15.4. The Morgan fingerprint density at radius 2 is 1.39 bits per heavy atom. The second-order valence-electron chi connectivity index (χ2n) is 16.1. The van der Waals surface area contributed by atoms with E-state index < -0.39 is 35.5 Å². The van der Waals surface area contributed by atoms with Crippen LogP contribution in [0, 0.1) is 5.82 Å². The van der Waals surface area contributed by atoms with Crippen LogP contribution in [0.2, 0.25) is 0 Å². The van der Waals surface area contributed by atoms with Gasteiger partial charge in [0, 0.05) is 63.3 Å². The third-order valence-corrected chi connectivity index (χ3v) is 12.7. The molecule has 6 heterocycles. The average Bonchev–Trinajstić information content (AvgIpc) is 3.73. The fourth-order valence-electron chi connectivity index (χ4n) is 9.50. The van der Waals surface area contributed by atoms with Gasteiger partial charge in [0.25, 0.3) is 11.8 Å². The molecule has 59 heavy (non-hydrogen) atoms. The van der Waals surface area contributed by atoms with E-state index in [-0.39, 0.29) is 41.7 Å². The number of carbonyl (C=O) groups excluding carboxylic acids is 4. The number of piperidine rings is 1. The summed E-state index contributed by atoms with van der Waals surface area (Å²) >= 11 is 0. The number of hydrogen-bond donors (Lipinski definition) is 2. The van der Waals surface area contributed by atoms with E-state index in [1.54, 1.807) is 0 Å². The van der Waals surface area contributed by atoms with E-state index in [4.69, 9.17) is 15.6 Å². The molecule has 15 nitrogen and oxygen atoms in total. The maximum absolute atomic E-state index is 15.4. The SMILES string of the molecule is Nc1ncnc2c1c(-c1ccc(Oc3ccccc3)cc1)nn2C1CCC(N2CCN(C3CN(c4cc5c(cc4F)C(=O)N(C4CCC(=O)NC4=O)C5=O)C3)CC2)CC1. The van der Waals surface area contributed by atoms with Crippen molar-refractivity contribution in [2.45, 2.75) is 62.7 Å². The molecule has 0 radical (unpaired) electrons. The molecule has 1 saturated carbocycles. The molecule has 16 heteroatoms. The number of anilines is 2. The van der Waals surface area contributed by atoms with Crippen molar-refractivity contribution in [1.82, 2.24) is 39.8 Å². The van der Waals surface area contributed by atoms with Crippen LogP contribution < -0.4 is 20.7 Å². The number of rotatable bonds is 8. The number of amides is 4. The zero-order valence-corrected chi connectivity index (χ0v) is 32.3. The zero-order valence-electron chi connectivity index (χ0n) is 32.3. The smallest absolute Gasteiger partial charge is 0.262 e. The van der Waals surface area contributed by atoms with Crippen molar-refractivity contribution in [1.29, 1.82) is 0 Å². The van der Waals surface area contributed by atoms with Crippen LogP contribution in [0.5, 0.6) is 11.5 Å². The molecule has 4 amide bonds. The first-order chi connectivity index (χ1) is 28.7. The standard InChI is InChI=1S/C43H43FN10O5/c44-33-20-31-32(43(58)53(42(31)57)34-14-15-36(55)48-41(34)56)21-35(33)52-22-28(23-52)51-18-16-50(17-19-51)26-8-10-27(11-9-26)54-40-37(39(45)46-24-47-40)38(49-54)25-6-12-30(13-7-25)59-29-4-2-1-3-5-29/h1-7,12-13,20-21,24,26-28,34H,8-11,14-19,22-23H2,(H2,45,46,47)(H,48,55,56). The number of halogens is 1. The lowest BCUT2D eigenvalue weighted by Gasteiger charge is -2.50. The fourth-order valence-corrected chi connectivity index (χ4v) is 9.50. The van der Waals surface area contributed by atoms with Gasteiger partial charge in [-0.25, -0.2) is 19.0 Å². The van der Waals surface area contributed by atoms with E-state index in [2.05, 4.69) is 29.8 Å². The first kappa shape index (κ1) is 37.0. The van der Waals surface area contributed by atoms with Crippen LogP contribution in [0.3, 0.4) is 0 Å². The third kappa shape index (κ3) is 6.65. The molecule has 1 unspecified atom stereocenters. The molecule has 3 saturated heterocycles. The third-order valence-electron chi connectivity index (χ3n) is 12.7. The van der Waals surface area contributed by atoms with Crippen LogP contribution in [0.4, 0.5) is 15.9 Å². The summed E-state index contributed by atoms with van der Waals surface area (Å²) in [5, 5.41) is 8.06. The van der Waals surface area contributed by atoms with E-state index in [1.165, 1.54) is 12.4 Å². The first-order valence-corrected chi connectivity index (χ1v) is 20.3. The Morgan fingerprint density at radius 1 is 0.746 bits per heavy atom. The first-order valence-electron chi connectivity index (χ1n) is 20.3. The number of hydrogen-bond acceptors (Lipinski definition) is 12. The lowest BCUT2D eigenvalue weighted by Crippen LogP contribution is -2.64. The highest BCUT2D eigenvalue weighted by Gasteiger charge is 2.46. The quantitative estimate of drug-likeness (QED) is 0.213. The molecule has 5 aromatic rings. The molecule has 0 spiro atoms. The number of nitrogen functional groups attached to an aromatic ring is 1. The summed E-state index contributed by atoms with van der Waals surface area (Å²) < 4.78 is 23.5. The van der Waals surface area contributed by atoms with Crippen molar-refractivity contribution < 1.29 is 28.3 Å². The predicted octanol–water partition coefficient (Wildman–Crippen LogP) is 4.40. The molecule has 2 aromatic heterocycles. The fraction of sp³-hybridized carbons (Fsp3) is 0.372. The number of piperazine rings is 1. The van der Waals surface area contributed by atoms with Crippen molar-refractivity contribution in [2.75, 3.05) is 49.9 Å². The molecule has 0 bridgehead atoms. The Hall–Kier alpha value is -6.26. The number of nitrogens with zero attached hydrogens (tertiary/aromatic N) is 8. The van der Waals surface area contributed by atoms with E-state index >= 15 is 4.39 Å². The Bertz CT molecular complexity index is 2470. The minimum atomic E-state index is -1.09. The second kappa shape index (κ2) is 14.8. The number of benzene rings is 3. The lowest BCUT2D eigenvalue weighted by molar-refractivity contribution is -0.136. The van der Waals surface area contributed by atoms with E-state index in [9.17, 15) is 19.2 Å². The highest BCUT2D eigenvalue weighted by atomic mass is 19.1. The summed E-state index contributed by atoms with van der Waals surface area (Å²) in [5.41, 5.74) is 9.17. The summed E-state index contributed by atoms with van der Waals surface area (Å²) in [6.07, 6.45) is 5.61. The number of para-hydroxylation sites is 1. The molecule has 4 fully saturated rings. The Kier molecular flexibility index (Phi) is 9.32. The van der Waals surface area contributed by atoms with Gasteiger partial charge in [-0.2, -0.15) is 5.10 Å². The highest BCUT2D eigenvalue weighted by Crippen LogP contribution is 2.39. The number of nitrogens with one attached hydrogen (secondary N) is 1. The molecule has 5 aliphatic rings. The van der Waals surface area contributed by atoms with Gasteiger partial charge in [0.2, 0.25) is 11.8 Å². The van der Waals surface area contributed by atoms with Gasteiger partial charge in [-0.3, -0.25) is 39.2 Å². The number of carbonyl (C=O) groups is 4. The van der Waals surface area contributed by atoms with Crippen LogP contribution in [-0.2, 0) is 9.59 Å². The van der Waals surface area contributed by atoms with E-state index in [0.29, 0.717) is 24.9 Å². The summed E-state index contributed by atoms with van der Waals surface area (Å²) in [7, 11) is 0. The summed E-state index contributed by atoms with van der Waals surface area (Å²) in [4.78, 5) is 67.3. The highest BCUT2D eigenvalue weighted by molar-refractivity contribution is 6.23. The van der Waals surface area contributed by atoms with Gasteiger partial charge in [-0.05, 0) is 80.6 Å². The molecule has 302 valence electrons. The van der Waals surface area contributed by atoms with Crippen LogP contribution in [0.1, 0.15) is 65.3 Å². The van der Waals surface area contributed by atoms with Gasteiger partial charge in [0.15, 0.2) is 5.65 Å². The van der Waals surface area contributed by atoms with Gasteiger partial charge >= 0.3 is 0 Å². The summed E-state index contributed by atoms with van der Waals surface area (Å²) in [5.74, 6) is -1.16. The molecule has 1 aliphatic carbocycles. The molecule has 4 aliphatic heterocycles. The number of aromatic nitrogens is 4. The topological polar surface area (TPSA) is 172 Å². The molecule has 10 rings (SSSR count). The van der Waals surface area contributed by atoms with Gasteiger partial charge in [0.05, 0.1) is 28.2 Å². The van der Waals surface area contributed by atoms with Crippen molar-refractivity contribution in [3.63, 3.8) is 0 Å². The van der Waals surface area contributed by atoms with Crippen molar-refractivity contribution in [2.24, 2.45) is 0 Å². The van der Waals surface area contributed by atoms with Gasteiger partial charge < -0.3 is 15.4 Å². The number of ether oxygens (including phenoxy) is 1. The molecule has 3 aromatic carbocycles. The van der Waals surface area contributed by atoms with E-state index in [1.807, 2.05) is 59.5 Å². The predicted molar refractivity (Wildman–Crippen MR) is 215 cm³/mol. The Morgan fingerprint density at radius 3 is 2.08 bits per heavy atom. The van der Waals surface area contributed by atoms with Gasteiger partial charge in [-0.1, -0.05) is 18.2 Å². The number of nitrogens with two attached hydrogens (primary N) is 1. The average molecular weight is 799 g/mol. The minimum absolute atomic E-state index is 0.0229. The van der Waals surface area contributed by atoms with Crippen molar-refractivity contribution >= 4 is 46.2 Å². The van der Waals surface area contributed by atoms with Crippen LogP contribution in [-0.4, -0.2) is 115 Å². The van der Waals surface area contributed by atoms with Crippen molar-refractivity contribution in [3.05, 3.63) is 90.0 Å². The van der Waals surface area contributed by atoms with Crippen molar-refractivity contribution in [3.8, 4) is 22.8 Å². The zero-order chi connectivity index (χ0) is 40.4. The molecular weight excluding hydrogens is 756 g/mol. The molecule has 3 N–H and O–H groups in total. The maximum Gasteiger partial charge on any atom is 0.262 e. The Balaban J connectivity index is 0.740.